The first kappa shape index (κ1) is 28.9. The highest BCUT2D eigenvalue weighted by molar-refractivity contribution is 7.85. The standard InChI is InChI=1S/C29H43NO4SSi/c1-22(26-25(33-29(8,9)34-26)20-30-35(31)27(2,3)4)21-32-36(28(5,6)7,23-16-12-10-13-17-23)24-18-14-11-15-19-24/h10-20,22,25-26H,21H2,1-9H3/b30-20+/t22-,25-,26-,35?/m0/s1. The van der Waals surface area contributed by atoms with Crippen molar-refractivity contribution in [1.29, 1.82) is 0 Å². The molecule has 1 saturated heterocycles. The summed E-state index contributed by atoms with van der Waals surface area (Å²) >= 11 is 0. The average Bonchev–Trinajstić information content (AvgIpc) is 3.12. The lowest BCUT2D eigenvalue weighted by molar-refractivity contribution is -0.147. The summed E-state index contributed by atoms with van der Waals surface area (Å²) in [5.41, 5.74) is 0. The third kappa shape index (κ3) is 6.43. The SMILES string of the molecule is C[C@@H](CO[Si](c1ccccc1)(c1ccccc1)C(C)(C)C)[C@@H]1OC(C)(C)O[C@H]1/C=N/S(=O)C(C)(C)C. The fraction of sp³-hybridized carbons (Fsp3) is 0.552. The Kier molecular flexibility index (Phi) is 8.83. The van der Waals surface area contributed by atoms with Gasteiger partial charge in [0.1, 0.15) is 17.1 Å². The van der Waals surface area contributed by atoms with Crippen LogP contribution < -0.4 is 10.4 Å². The van der Waals surface area contributed by atoms with Gasteiger partial charge in [0.15, 0.2) is 5.79 Å². The summed E-state index contributed by atoms with van der Waals surface area (Å²) in [5.74, 6) is -0.732. The summed E-state index contributed by atoms with van der Waals surface area (Å²) < 4.78 is 36.1. The van der Waals surface area contributed by atoms with Crippen LogP contribution in [0.25, 0.3) is 0 Å². The van der Waals surface area contributed by atoms with E-state index in [2.05, 4.69) is 92.8 Å². The van der Waals surface area contributed by atoms with E-state index in [4.69, 9.17) is 13.9 Å². The Morgan fingerprint density at radius 2 is 1.47 bits per heavy atom. The van der Waals surface area contributed by atoms with Crippen LogP contribution in [0.1, 0.15) is 62.3 Å². The summed E-state index contributed by atoms with van der Waals surface area (Å²) in [7, 11) is -4.02. The third-order valence-electron chi connectivity index (χ3n) is 6.53. The van der Waals surface area contributed by atoms with E-state index < -0.39 is 35.9 Å². The van der Waals surface area contributed by atoms with E-state index in [1.165, 1.54) is 10.4 Å². The molecule has 1 heterocycles. The zero-order valence-corrected chi connectivity index (χ0v) is 25.1. The Hall–Kier alpha value is -1.64. The van der Waals surface area contributed by atoms with Crippen LogP contribution in [0.4, 0.5) is 0 Å². The minimum Gasteiger partial charge on any atom is -0.407 e. The molecule has 1 fully saturated rings. The molecular formula is C29H43NO4SSi. The molecule has 0 saturated carbocycles. The molecule has 0 aliphatic carbocycles. The van der Waals surface area contributed by atoms with Gasteiger partial charge < -0.3 is 13.9 Å². The van der Waals surface area contributed by atoms with Crippen molar-refractivity contribution in [1.82, 2.24) is 0 Å². The maximum Gasteiger partial charge on any atom is 0.261 e. The van der Waals surface area contributed by atoms with Gasteiger partial charge in [0.2, 0.25) is 0 Å². The van der Waals surface area contributed by atoms with E-state index in [-0.39, 0.29) is 17.1 Å². The summed E-state index contributed by atoms with van der Waals surface area (Å²) in [5, 5.41) is 2.39. The van der Waals surface area contributed by atoms with E-state index in [1.54, 1.807) is 6.21 Å². The average molecular weight is 530 g/mol. The maximum atomic E-state index is 12.5. The normalized spacial score (nSPS) is 22.6. The van der Waals surface area contributed by atoms with E-state index in [0.29, 0.717) is 6.61 Å². The smallest absolute Gasteiger partial charge is 0.261 e. The molecule has 1 unspecified atom stereocenters. The van der Waals surface area contributed by atoms with Crippen molar-refractivity contribution < 1.29 is 18.1 Å². The Labute approximate surface area is 221 Å². The highest BCUT2D eigenvalue weighted by atomic mass is 32.2. The number of ether oxygens (including phenoxy) is 2. The fourth-order valence-electron chi connectivity index (χ4n) is 4.76. The quantitative estimate of drug-likeness (QED) is 0.346. The van der Waals surface area contributed by atoms with Crippen LogP contribution in [-0.2, 0) is 24.9 Å². The zero-order valence-electron chi connectivity index (χ0n) is 23.3. The largest absolute Gasteiger partial charge is 0.407 e. The second kappa shape index (κ2) is 11.0. The first-order chi connectivity index (χ1) is 16.7. The second-order valence-corrected chi connectivity index (χ2v) is 18.4. The van der Waals surface area contributed by atoms with Gasteiger partial charge in [-0.25, -0.2) is 4.21 Å². The lowest BCUT2D eigenvalue weighted by atomic mass is 10.0. The molecule has 0 bridgehead atoms. The van der Waals surface area contributed by atoms with Gasteiger partial charge in [-0.15, -0.1) is 0 Å². The van der Waals surface area contributed by atoms with Crippen molar-refractivity contribution in [2.75, 3.05) is 6.61 Å². The van der Waals surface area contributed by atoms with Crippen LogP contribution in [-0.4, -0.2) is 48.1 Å². The Balaban J connectivity index is 1.92. The number of rotatable bonds is 8. The highest BCUT2D eigenvalue weighted by Crippen LogP contribution is 2.38. The van der Waals surface area contributed by atoms with Crippen LogP contribution in [0, 0.1) is 5.92 Å². The molecule has 0 aromatic heterocycles. The molecule has 0 radical (unpaired) electrons. The van der Waals surface area contributed by atoms with E-state index in [0.717, 1.165) is 0 Å². The van der Waals surface area contributed by atoms with Crippen molar-refractivity contribution in [3.05, 3.63) is 60.7 Å². The van der Waals surface area contributed by atoms with Crippen molar-refractivity contribution in [3.8, 4) is 0 Å². The van der Waals surface area contributed by atoms with Crippen LogP contribution in [0.2, 0.25) is 5.04 Å². The van der Waals surface area contributed by atoms with Gasteiger partial charge in [0.05, 0.1) is 10.9 Å². The molecular weight excluding hydrogens is 486 g/mol. The maximum absolute atomic E-state index is 12.5. The molecule has 5 nitrogen and oxygen atoms in total. The van der Waals surface area contributed by atoms with Crippen molar-refractivity contribution in [2.45, 2.75) is 90.1 Å². The summed E-state index contributed by atoms with van der Waals surface area (Å²) in [6.07, 6.45) is 1.00. The zero-order chi connectivity index (χ0) is 26.8. The van der Waals surface area contributed by atoms with E-state index in [1.807, 2.05) is 34.6 Å². The highest BCUT2D eigenvalue weighted by Gasteiger charge is 2.51. The first-order valence-corrected chi connectivity index (χ1v) is 15.8. The topological polar surface area (TPSA) is 57.1 Å². The Morgan fingerprint density at radius 1 is 0.972 bits per heavy atom. The van der Waals surface area contributed by atoms with Gasteiger partial charge in [-0.2, -0.15) is 4.40 Å². The van der Waals surface area contributed by atoms with Gasteiger partial charge in [-0.3, -0.25) is 0 Å². The molecule has 1 aliphatic heterocycles. The van der Waals surface area contributed by atoms with Crippen LogP contribution >= 0.6 is 0 Å². The van der Waals surface area contributed by atoms with E-state index >= 15 is 0 Å². The molecule has 36 heavy (non-hydrogen) atoms. The van der Waals surface area contributed by atoms with E-state index in [9.17, 15) is 4.21 Å². The summed E-state index contributed by atoms with van der Waals surface area (Å²) in [6.45, 7) is 19.0. The van der Waals surface area contributed by atoms with Gasteiger partial charge in [-0.05, 0) is 50.0 Å². The number of nitrogens with zero attached hydrogens (tertiary/aromatic N) is 1. The number of benzene rings is 2. The van der Waals surface area contributed by atoms with Crippen molar-refractivity contribution in [3.63, 3.8) is 0 Å². The molecule has 2 aromatic carbocycles. The van der Waals surface area contributed by atoms with Crippen LogP contribution in [0.15, 0.2) is 65.1 Å². The predicted molar refractivity (Wildman–Crippen MR) is 153 cm³/mol. The van der Waals surface area contributed by atoms with Gasteiger partial charge in [0.25, 0.3) is 8.32 Å². The molecule has 198 valence electrons. The molecule has 0 spiro atoms. The van der Waals surface area contributed by atoms with Crippen LogP contribution in [0.5, 0.6) is 0 Å². The number of hydrogen-bond donors (Lipinski definition) is 0. The number of hydrogen-bond acceptors (Lipinski definition) is 4. The van der Waals surface area contributed by atoms with Gasteiger partial charge in [-0.1, -0.05) is 88.4 Å². The molecule has 0 amide bonds. The minimum atomic E-state index is -2.66. The van der Waals surface area contributed by atoms with Gasteiger partial charge >= 0.3 is 0 Å². The molecule has 7 heteroatoms. The predicted octanol–water partition coefficient (Wildman–Crippen LogP) is 5.25. The Bertz CT molecular complexity index is 1000. The lowest BCUT2D eigenvalue weighted by Gasteiger charge is -2.44. The van der Waals surface area contributed by atoms with Crippen molar-refractivity contribution >= 4 is 35.9 Å². The molecule has 2 aromatic rings. The molecule has 1 aliphatic rings. The Morgan fingerprint density at radius 3 is 1.92 bits per heavy atom. The third-order valence-corrected chi connectivity index (χ3v) is 12.9. The molecule has 0 N–H and O–H groups in total. The first-order valence-electron chi connectivity index (χ1n) is 12.7. The summed E-state index contributed by atoms with van der Waals surface area (Å²) in [4.78, 5) is 0. The fourth-order valence-corrected chi connectivity index (χ4v) is 9.97. The molecule has 3 rings (SSSR count). The van der Waals surface area contributed by atoms with Gasteiger partial charge in [0, 0.05) is 18.7 Å². The van der Waals surface area contributed by atoms with Crippen LogP contribution in [0.3, 0.4) is 0 Å². The second-order valence-electron chi connectivity index (χ2n) is 12.1. The van der Waals surface area contributed by atoms with Crippen molar-refractivity contribution in [2.24, 2.45) is 10.3 Å². The lowest BCUT2D eigenvalue weighted by Crippen LogP contribution is -2.67. The minimum absolute atomic E-state index is 0.0212. The molecule has 4 atom stereocenters. The summed E-state index contributed by atoms with van der Waals surface area (Å²) in [6, 6.07) is 21.3. The monoisotopic (exact) mass is 529 g/mol.